The lowest BCUT2D eigenvalue weighted by Crippen LogP contribution is -2.50. The van der Waals surface area contributed by atoms with Gasteiger partial charge in [0.2, 0.25) is 11.8 Å². The van der Waals surface area contributed by atoms with Crippen LogP contribution in [0.15, 0.2) is 48.7 Å². The van der Waals surface area contributed by atoms with Crippen molar-refractivity contribution in [3.05, 3.63) is 59.9 Å². The number of piperidine rings is 1. The van der Waals surface area contributed by atoms with Gasteiger partial charge < -0.3 is 19.1 Å². The second kappa shape index (κ2) is 9.05. The summed E-state index contributed by atoms with van der Waals surface area (Å²) in [5.74, 6) is 1.17. The number of hydrogen-bond donors (Lipinski definition) is 0. The third kappa shape index (κ3) is 4.75. The highest BCUT2D eigenvalue weighted by atomic mass is 16.6. The maximum atomic E-state index is 12.7. The fraction of sp³-hybridized carbons (Fsp3) is 0.433. The van der Waals surface area contributed by atoms with Crippen LogP contribution in [0.4, 0.5) is 4.79 Å². The first kappa shape index (κ1) is 23.8. The van der Waals surface area contributed by atoms with Crippen LogP contribution in [0.5, 0.6) is 11.8 Å². The molecular formula is C30H33N3O4. The smallest absolute Gasteiger partial charge is 0.410 e. The molecule has 1 unspecified atom stereocenters. The van der Waals surface area contributed by atoms with Crippen molar-refractivity contribution in [2.75, 3.05) is 0 Å². The van der Waals surface area contributed by atoms with E-state index in [0.717, 1.165) is 59.2 Å². The van der Waals surface area contributed by atoms with Crippen LogP contribution in [0.3, 0.4) is 0 Å². The molecule has 2 aromatic heterocycles. The quantitative estimate of drug-likeness (QED) is 0.420. The van der Waals surface area contributed by atoms with Gasteiger partial charge in [0.05, 0.1) is 0 Å². The molecule has 5 heterocycles. The second-order valence-electron chi connectivity index (χ2n) is 11.3. The highest BCUT2D eigenvalue weighted by molar-refractivity contribution is 5.77. The highest BCUT2D eigenvalue weighted by Gasteiger charge is 2.45. The Kier molecular flexibility index (Phi) is 5.81. The normalized spacial score (nSPS) is 22.1. The van der Waals surface area contributed by atoms with Crippen molar-refractivity contribution in [3.63, 3.8) is 0 Å². The molecule has 192 valence electrons. The van der Waals surface area contributed by atoms with Gasteiger partial charge in [0.15, 0.2) is 0 Å². The number of aromatic nitrogens is 2. The van der Waals surface area contributed by atoms with Crippen molar-refractivity contribution >= 4 is 6.09 Å². The summed E-state index contributed by atoms with van der Waals surface area (Å²) < 4.78 is 18.1. The van der Waals surface area contributed by atoms with Gasteiger partial charge in [-0.2, -0.15) is 4.98 Å². The van der Waals surface area contributed by atoms with Crippen molar-refractivity contribution in [1.29, 1.82) is 0 Å². The first-order valence-corrected chi connectivity index (χ1v) is 13.1. The molecule has 3 aromatic rings. The van der Waals surface area contributed by atoms with Gasteiger partial charge in [0.25, 0.3) is 0 Å². The number of benzene rings is 1. The molecule has 3 aliphatic heterocycles. The number of ether oxygens (including phenoxy) is 3. The topological polar surface area (TPSA) is 73.8 Å². The van der Waals surface area contributed by atoms with Gasteiger partial charge in [0.1, 0.15) is 18.3 Å². The van der Waals surface area contributed by atoms with Crippen molar-refractivity contribution < 1.29 is 19.0 Å². The zero-order chi connectivity index (χ0) is 25.7. The van der Waals surface area contributed by atoms with Gasteiger partial charge in [-0.15, -0.1) is 0 Å². The van der Waals surface area contributed by atoms with E-state index in [1.54, 1.807) is 0 Å². The van der Waals surface area contributed by atoms with E-state index < -0.39 is 5.60 Å². The number of fused-ring (bicyclic) bond motifs is 5. The lowest BCUT2D eigenvalue weighted by Gasteiger charge is -2.39. The number of pyridine rings is 2. The molecule has 0 radical (unpaired) electrons. The molecule has 37 heavy (non-hydrogen) atoms. The Balaban J connectivity index is 1.16. The van der Waals surface area contributed by atoms with Gasteiger partial charge in [-0.05, 0) is 87.1 Å². The summed E-state index contributed by atoms with van der Waals surface area (Å²) in [5.41, 5.74) is 6.06. The fourth-order valence-corrected chi connectivity index (χ4v) is 5.84. The highest BCUT2D eigenvalue weighted by Crippen LogP contribution is 2.41. The van der Waals surface area contributed by atoms with Crippen LogP contribution in [-0.4, -0.2) is 44.7 Å². The van der Waals surface area contributed by atoms with Crippen LogP contribution in [0.1, 0.15) is 57.7 Å². The van der Waals surface area contributed by atoms with Crippen LogP contribution in [0, 0.1) is 6.92 Å². The predicted molar refractivity (Wildman–Crippen MR) is 141 cm³/mol. The summed E-state index contributed by atoms with van der Waals surface area (Å²) in [6.45, 7) is 8.19. The van der Waals surface area contributed by atoms with Crippen LogP contribution < -0.4 is 9.47 Å². The first-order valence-electron chi connectivity index (χ1n) is 13.1. The Morgan fingerprint density at radius 1 is 1.00 bits per heavy atom. The van der Waals surface area contributed by atoms with E-state index in [1.165, 1.54) is 0 Å². The Hall–Kier alpha value is -3.61. The lowest BCUT2D eigenvalue weighted by molar-refractivity contribution is -0.00765. The Morgan fingerprint density at radius 3 is 2.46 bits per heavy atom. The van der Waals surface area contributed by atoms with Crippen LogP contribution in [0.2, 0.25) is 0 Å². The molecule has 6 rings (SSSR count). The minimum Gasteiger partial charge on any atom is -0.474 e. The molecule has 0 spiro atoms. The maximum Gasteiger partial charge on any atom is 0.410 e. The van der Waals surface area contributed by atoms with Crippen LogP contribution >= 0.6 is 0 Å². The summed E-state index contributed by atoms with van der Waals surface area (Å²) >= 11 is 0. The molecule has 0 N–H and O–H groups in total. The third-order valence-corrected chi connectivity index (χ3v) is 7.41. The number of carbonyl (C=O) groups excluding carboxylic acids is 1. The van der Waals surface area contributed by atoms with Crippen LogP contribution in [-0.2, 0) is 11.3 Å². The molecule has 3 aliphatic rings. The Morgan fingerprint density at radius 2 is 1.73 bits per heavy atom. The number of rotatable bonds is 3. The van der Waals surface area contributed by atoms with Crippen LogP contribution in [0.25, 0.3) is 22.3 Å². The molecule has 2 fully saturated rings. The third-order valence-electron chi connectivity index (χ3n) is 7.41. The fourth-order valence-electron chi connectivity index (χ4n) is 5.84. The largest absolute Gasteiger partial charge is 0.474 e. The molecule has 2 saturated heterocycles. The molecule has 1 aromatic carbocycles. The summed E-state index contributed by atoms with van der Waals surface area (Å²) in [6.07, 6.45) is 5.20. The Labute approximate surface area is 217 Å². The predicted octanol–water partition coefficient (Wildman–Crippen LogP) is 6.32. The van der Waals surface area contributed by atoms with Crippen molar-refractivity contribution in [2.24, 2.45) is 0 Å². The van der Waals surface area contributed by atoms with Gasteiger partial charge in [-0.1, -0.05) is 12.1 Å². The van der Waals surface area contributed by atoms with E-state index in [0.29, 0.717) is 18.4 Å². The van der Waals surface area contributed by atoms with Crippen molar-refractivity contribution in [3.8, 4) is 34.0 Å². The molecule has 3 atom stereocenters. The van der Waals surface area contributed by atoms with E-state index in [-0.39, 0.29) is 24.3 Å². The van der Waals surface area contributed by atoms with E-state index in [4.69, 9.17) is 19.2 Å². The molecule has 7 nitrogen and oxygen atoms in total. The number of amides is 1. The molecular weight excluding hydrogens is 466 g/mol. The van der Waals surface area contributed by atoms with Gasteiger partial charge in [0, 0.05) is 48.4 Å². The van der Waals surface area contributed by atoms with E-state index >= 15 is 0 Å². The second-order valence-corrected chi connectivity index (χ2v) is 11.3. The average molecular weight is 500 g/mol. The first-order chi connectivity index (χ1) is 17.7. The van der Waals surface area contributed by atoms with Crippen molar-refractivity contribution in [2.45, 2.75) is 83.8 Å². The number of nitrogens with zero attached hydrogens (tertiary/aromatic N) is 3. The summed E-state index contributed by atoms with van der Waals surface area (Å²) in [7, 11) is 0. The van der Waals surface area contributed by atoms with Gasteiger partial charge >= 0.3 is 6.09 Å². The summed E-state index contributed by atoms with van der Waals surface area (Å²) in [5, 5.41) is 0. The molecule has 1 amide bonds. The number of carbonyl (C=O) groups is 1. The van der Waals surface area contributed by atoms with Gasteiger partial charge in [-0.3, -0.25) is 4.98 Å². The SMILES string of the molecule is Cc1cc(-c2ccc3c(c2)COc2nc(OC4C[C@H]5CC[C@@H](C4)N5C(=O)OC(C)(C)C)ccc2-3)ccn1. The Bertz CT molecular complexity index is 1330. The minimum atomic E-state index is -0.491. The van der Waals surface area contributed by atoms with E-state index in [1.807, 2.05) is 57.0 Å². The summed E-state index contributed by atoms with van der Waals surface area (Å²) in [6, 6.07) is 14.9. The maximum absolute atomic E-state index is 12.7. The van der Waals surface area contributed by atoms with E-state index in [2.05, 4.69) is 29.2 Å². The monoisotopic (exact) mass is 499 g/mol. The van der Waals surface area contributed by atoms with Gasteiger partial charge in [-0.25, -0.2) is 4.79 Å². The molecule has 0 saturated carbocycles. The number of aryl methyl sites for hydroxylation is 1. The molecule has 2 bridgehead atoms. The summed E-state index contributed by atoms with van der Waals surface area (Å²) in [4.78, 5) is 23.7. The van der Waals surface area contributed by atoms with Crippen molar-refractivity contribution in [1.82, 2.24) is 14.9 Å². The number of hydrogen-bond acceptors (Lipinski definition) is 6. The standard InChI is InChI=1S/C30H33N3O4/c1-18-13-20(11-12-31-18)19-5-8-25-21(14-19)17-35-28-26(25)9-10-27(32-28)36-24-15-22-6-7-23(16-24)33(22)29(34)37-30(2,3)4/h5,8-14,22-24H,6-7,15-17H2,1-4H3/t22-,23+,24?. The lowest BCUT2D eigenvalue weighted by atomic mass is 9.94. The minimum absolute atomic E-state index is 0.0176. The van der Waals surface area contributed by atoms with E-state index in [9.17, 15) is 4.79 Å². The zero-order valence-corrected chi connectivity index (χ0v) is 21.9. The zero-order valence-electron chi connectivity index (χ0n) is 21.9. The average Bonchev–Trinajstić information content (AvgIpc) is 3.13. The molecule has 7 heteroatoms. The molecule has 0 aliphatic carbocycles.